The number of benzene rings is 1. The summed E-state index contributed by atoms with van der Waals surface area (Å²) in [4.78, 5) is 21.4. The average Bonchev–Trinajstić information content (AvgIpc) is 2.76. The maximum atomic E-state index is 11.1. The van der Waals surface area contributed by atoms with Gasteiger partial charge in [-0.25, -0.2) is 4.68 Å². The first-order valence-electron chi connectivity index (χ1n) is 5.58. The molecule has 1 aromatic heterocycles. The van der Waals surface area contributed by atoms with Crippen molar-refractivity contribution in [3.8, 4) is 23.6 Å². The Kier molecular flexibility index (Phi) is 3.48. The van der Waals surface area contributed by atoms with Gasteiger partial charge in [0.1, 0.15) is 18.1 Å². The van der Waals surface area contributed by atoms with Crippen LogP contribution in [0.1, 0.15) is 10.4 Å². The number of aromatic nitrogens is 2. The van der Waals surface area contributed by atoms with Crippen molar-refractivity contribution in [2.75, 3.05) is 5.73 Å². The highest BCUT2D eigenvalue weighted by atomic mass is 16.6. The summed E-state index contributed by atoms with van der Waals surface area (Å²) in [7, 11) is 0. The first-order chi connectivity index (χ1) is 9.58. The average molecular weight is 270 g/mol. The van der Waals surface area contributed by atoms with E-state index < -0.39 is 4.92 Å². The number of nitrogen functional groups attached to an aromatic ring is 1. The van der Waals surface area contributed by atoms with Crippen molar-refractivity contribution in [3.63, 3.8) is 0 Å². The molecule has 0 aliphatic carbocycles. The summed E-state index contributed by atoms with van der Waals surface area (Å²) in [6, 6.07) is 5.81. The van der Waals surface area contributed by atoms with E-state index in [2.05, 4.69) is 11.0 Å². The topological polar surface area (TPSA) is 104 Å². The number of hydrogen-bond acceptors (Lipinski definition) is 5. The zero-order valence-electron chi connectivity index (χ0n) is 10.3. The van der Waals surface area contributed by atoms with Gasteiger partial charge in [-0.15, -0.1) is 6.42 Å². The van der Waals surface area contributed by atoms with Crippen LogP contribution in [-0.4, -0.2) is 21.0 Å². The second-order valence-corrected chi connectivity index (χ2v) is 3.93. The number of rotatable bonds is 4. The molecule has 0 aliphatic rings. The molecule has 2 rings (SSSR count). The van der Waals surface area contributed by atoms with E-state index in [1.807, 2.05) is 0 Å². The Bertz CT molecular complexity index is 728. The van der Waals surface area contributed by atoms with Gasteiger partial charge in [-0.05, 0) is 0 Å². The Balaban J connectivity index is 2.60. The highest BCUT2D eigenvalue weighted by Crippen LogP contribution is 2.28. The number of aldehydes is 1. The van der Waals surface area contributed by atoms with Crippen molar-refractivity contribution in [2.24, 2.45) is 0 Å². The lowest BCUT2D eigenvalue weighted by Crippen LogP contribution is -2.03. The van der Waals surface area contributed by atoms with E-state index in [0.717, 1.165) is 0 Å². The van der Waals surface area contributed by atoms with Crippen LogP contribution in [0.15, 0.2) is 24.3 Å². The summed E-state index contributed by atoms with van der Waals surface area (Å²) in [6.07, 6.45) is 5.75. The molecule has 0 radical (unpaired) electrons. The number of nitro benzene ring substituents is 1. The van der Waals surface area contributed by atoms with E-state index in [-0.39, 0.29) is 29.3 Å². The first-order valence-corrected chi connectivity index (χ1v) is 5.58. The molecular weight excluding hydrogens is 260 g/mol. The third-order valence-electron chi connectivity index (χ3n) is 2.72. The second-order valence-electron chi connectivity index (χ2n) is 3.93. The van der Waals surface area contributed by atoms with E-state index in [1.165, 1.54) is 22.9 Å². The number of hydrogen-bond donors (Lipinski definition) is 1. The van der Waals surface area contributed by atoms with Gasteiger partial charge in [-0.1, -0.05) is 18.1 Å². The molecule has 0 fully saturated rings. The number of nitro groups is 1. The number of nitrogens with zero attached hydrogens (tertiary/aromatic N) is 3. The Morgan fingerprint density at radius 1 is 1.55 bits per heavy atom. The molecule has 0 spiro atoms. The monoisotopic (exact) mass is 270 g/mol. The molecule has 20 heavy (non-hydrogen) atoms. The Labute approximate surface area is 114 Å². The minimum absolute atomic E-state index is 0.0931. The number of non-ortho nitro benzene ring substituents is 1. The fourth-order valence-corrected chi connectivity index (χ4v) is 1.79. The fraction of sp³-hybridized carbons (Fsp3) is 0.0769. The molecule has 0 saturated carbocycles. The molecule has 2 N–H and O–H groups in total. The largest absolute Gasteiger partial charge is 0.383 e. The predicted octanol–water partition coefficient (Wildman–Crippen LogP) is 1.49. The lowest BCUT2D eigenvalue weighted by atomic mass is 10.1. The van der Waals surface area contributed by atoms with E-state index in [9.17, 15) is 14.9 Å². The lowest BCUT2D eigenvalue weighted by Gasteiger charge is -1.98. The maximum Gasteiger partial charge on any atom is 0.270 e. The van der Waals surface area contributed by atoms with Crippen LogP contribution in [0.25, 0.3) is 11.3 Å². The van der Waals surface area contributed by atoms with Crippen LogP contribution in [0.4, 0.5) is 11.5 Å². The van der Waals surface area contributed by atoms with Crippen molar-refractivity contribution in [3.05, 3.63) is 39.9 Å². The molecule has 0 unspecified atom stereocenters. The Morgan fingerprint density at radius 2 is 2.30 bits per heavy atom. The van der Waals surface area contributed by atoms with E-state index in [1.54, 1.807) is 6.07 Å². The van der Waals surface area contributed by atoms with Gasteiger partial charge in [0.2, 0.25) is 0 Å². The molecule has 1 heterocycles. The van der Waals surface area contributed by atoms with Crippen LogP contribution >= 0.6 is 0 Å². The summed E-state index contributed by atoms with van der Waals surface area (Å²) in [5.41, 5.74) is 6.56. The smallest absolute Gasteiger partial charge is 0.270 e. The van der Waals surface area contributed by atoms with Crippen molar-refractivity contribution >= 4 is 17.8 Å². The van der Waals surface area contributed by atoms with Crippen LogP contribution in [0.5, 0.6) is 0 Å². The third kappa shape index (κ3) is 2.22. The summed E-state index contributed by atoms with van der Waals surface area (Å²) in [5, 5.41) is 14.9. The van der Waals surface area contributed by atoms with E-state index in [4.69, 9.17) is 12.2 Å². The zero-order valence-corrected chi connectivity index (χ0v) is 10.3. The second kappa shape index (κ2) is 5.24. The van der Waals surface area contributed by atoms with Crippen LogP contribution < -0.4 is 5.73 Å². The van der Waals surface area contributed by atoms with Crippen molar-refractivity contribution in [1.29, 1.82) is 0 Å². The molecule has 0 bridgehead atoms. The number of carbonyl (C=O) groups excluding carboxylic acids is 1. The third-order valence-corrected chi connectivity index (χ3v) is 2.72. The van der Waals surface area contributed by atoms with Crippen LogP contribution in [0.2, 0.25) is 0 Å². The number of carbonyl (C=O) groups is 1. The van der Waals surface area contributed by atoms with Gasteiger partial charge in [0.25, 0.3) is 5.69 Å². The Hall–Kier alpha value is -3.14. The Morgan fingerprint density at radius 3 is 2.90 bits per heavy atom. The summed E-state index contributed by atoms with van der Waals surface area (Å²) in [6.45, 7) is 0.113. The van der Waals surface area contributed by atoms with E-state index in [0.29, 0.717) is 11.8 Å². The molecule has 0 saturated heterocycles. The van der Waals surface area contributed by atoms with E-state index >= 15 is 0 Å². The van der Waals surface area contributed by atoms with Gasteiger partial charge in [-0.3, -0.25) is 14.9 Å². The number of terminal acetylenes is 1. The van der Waals surface area contributed by atoms with Gasteiger partial charge >= 0.3 is 0 Å². The predicted molar refractivity (Wildman–Crippen MR) is 73.0 cm³/mol. The quantitative estimate of drug-likeness (QED) is 0.392. The highest BCUT2D eigenvalue weighted by Gasteiger charge is 2.18. The molecular formula is C13H10N4O3. The maximum absolute atomic E-state index is 11.1. The van der Waals surface area contributed by atoms with Gasteiger partial charge in [-0.2, -0.15) is 5.10 Å². The molecule has 100 valence electrons. The standard InChI is InChI=1S/C13H10N4O3/c1-2-6-16-13(14)11(8-18)12(15-16)9-4-3-5-10(7-9)17(19)20/h1,3-5,7-8H,6,14H2. The van der Waals surface area contributed by atoms with Crippen molar-refractivity contribution in [2.45, 2.75) is 6.54 Å². The van der Waals surface area contributed by atoms with Crippen LogP contribution in [0, 0.1) is 22.5 Å². The highest BCUT2D eigenvalue weighted by molar-refractivity contribution is 5.91. The molecule has 0 atom stereocenters. The number of nitrogens with two attached hydrogens (primary N) is 1. The molecule has 0 amide bonds. The minimum Gasteiger partial charge on any atom is -0.383 e. The SMILES string of the molecule is C#CCn1nc(-c2cccc([N+](=O)[O-])c2)c(C=O)c1N. The van der Waals surface area contributed by atoms with Crippen LogP contribution in [-0.2, 0) is 6.54 Å². The number of anilines is 1. The molecule has 1 aromatic carbocycles. The summed E-state index contributed by atoms with van der Waals surface area (Å²) in [5.74, 6) is 2.51. The van der Waals surface area contributed by atoms with Gasteiger partial charge in [0, 0.05) is 17.7 Å². The van der Waals surface area contributed by atoms with Gasteiger partial charge in [0.05, 0.1) is 10.5 Å². The normalized spacial score (nSPS) is 9.95. The fourth-order valence-electron chi connectivity index (χ4n) is 1.79. The first kappa shape index (κ1) is 13.3. The zero-order chi connectivity index (χ0) is 14.7. The van der Waals surface area contributed by atoms with Crippen molar-refractivity contribution in [1.82, 2.24) is 9.78 Å². The molecule has 7 nitrogen and oxygen atoms in total. The molecule has 7 heteroatoms. The van der Waals surface area contributed by atoms with Gasteiger partial charge in [0.15, 0.2) is 6.29 Å². The van der Waals surface area contributed by atoms with Crippen LogP contribution in [0.3, 0.4) is 0 Å². The van der Waals surface area contributed by atoms with Gasteiger partial charge < -0.3 is 5.73 Å². The lowest BCUT2D eigenvalue weighted by molar-refractivity contribution is -0.384. The molecule has 2 aromatic rings. The van der Waals surface area contributed by atoms with Crippen molar-refractivity contribution < 1.29 is 9.72 Å². The molecule has 0 aliphatic heterocycles. The minimum atomic E-state index is -0.522. The summed E-state index contributed by atoms with van der Waals surface area (Å²) < 4.78 is 1.30. The summed E-state index contributed by atoms with van der Waals surface area (Å²) >= 11 is 0.